The molecule has 0 aliphatic heterocycles. The van der Waals surface area contributed by atoms with Gasteiger partial charge in [0.1, 0.15) is 0 Å². The molecule has 0 aliphatic carbocycles. The van der Waals surface area contributed by atoms with E-state index in [4.69, 9.17) is 2.69 Å². The Labute approximate surface area is 120 Å². The fourth-order valence-corrected chi connectivity index (χ4v) is 0. The van der Waals surface area contributed by atoms with Crippen molar-refractivity contribution in [2.24, 2.45) is 0 Å². The Morgan fingerprint density at radius 1 is 1.17 bits per heavy atom. The number of hydrogen-bond acceptors (Lipinski definition) is 1. The van der Waals surface area contributed by atoms with Crippen LogP contribution >= 0.6 is 0 Å². The van der Waals surface area contributed by atoms with Crippen LogP contribution in [0.5, 0.6) is 0 Å². The maximum Gasteiger partial charge on any atom is 0 e. The van der Waals surface area contributed by atoms with E-state index in [9.17, 15) is 0 Å². The molecule has 6 heavy (non-hydrogen) atoms. The summed E-state index contributed by atoms with van der Waals surface area (Å²) in [6.07, 6.45) is 0. The Balaban J connectivity index is -0.000000000833. The SMILES string of the molecule is [Cd].[Ge].[In].[O]=[Pb].[Sn]. The summed E-state index contributed by atoms with van der Waals surface area (Å²) in [5.41, 5.74) is 0. The van der Waals surface area contributed by atoms with Crippen LogP contribution in [0.1, 0.15) is 0 Å². The average Bonchev–Trinajstić information content (AvgIpc) is 1.00. The van der Waals surface area contributed by atoms with Crippen molar-refractivity contribution in [2.75, 3.05) is 0 Å². The number of hydrogen-bond donors (Lipinski definition) is 0. The second-order valence-electron chi connectivity index (χ2n) is 0. The molecular formula is CdGeInOPbSn. The van der Waals surface area contributed by atoms with Crippen LogP contribution in [0.4, 0.5) is 0 Å². The van der Waals surface area contributed by atoms with Gasteiger partial charge in [-0.05, 0) is 0 Å². The van der Waals surface area contributed by atoms with E-state index in [1.54, 1.807) is 0 Å². The summed E-state index contributed by atoms with van der Waals surface area (Å²) in [6, 6.07) is 0. The molecule has 13 radical (unpaired) electrons. The van der Waals surface area contributed by atoms with Crippen molar-refractivity contribution in [3.05, 3.63) is 0 Å². The van der Waals surface area contributed by atoms with Gasteiger partial charge < -0.3 is 0 Å². The minimum Gasteiger partial charge on any atom is 0 e. The molecule has 0 bridgehead atoms. The normalized spacial score (nSPS) is 0.667. The monoisotopic (exact) mass is 647 g/mol. The molecular weight excluding hydrogens is 642 g/mol. The molecule has 0 saturated carbocycles. The van der Waals surface area contributed by atoms with Gasteiger partial charge in [0.05, 0.1) is 0 Å². The average molecular weight is 642 g/mol. The molecule has 23 valence electrons. The molecule has 6 heteroatoms. The minimum absolute atomic E-state index is 0. The van der Waals surface area contributed by atoms with E-state index in [0.717, 1.165) is 0 Å². The van der Waals surface area contributed by atoms with Crippen molar-refractivity contribution < 1.29 is 30.0 Å². The molecule has 0 saturated heterocycles. The van der Waals surface area contributed by atoms with Gasteiger partial charge in [0.15, 0.2) is 0 Å². The van der Waals surface area contributed by atoms with Crippen molar-refractivity contribution in [3.8, 4) is 0 Å². The molecule has 0 aromatic heterocycles. The van der Waals surface area contributed by atoms with Gasteiger partial charge in [0, 0.05) is 94.6 Å². The van der Waals surface area contributed by atoms with Crippen molar-refractivity contribution in [2.45, 2.75) is 0 Å². The first kappa shape index (κ1) is 32.8. The fourth-order valence-electron chi connectivity index (χ4n) is 0. The van der Waals surface area contributed by atoms with Gasteiger partial charge >= 0.3 is 28.5 Å². The predicted octanol–water partition coefficient (Wildman–Crippen LogP) is -1.64. The molecule has 1 nitrogen and oxygen atoms in total. The Bertz CT molecular complexity index is 15.5. The summed E-state index contributed by atoms with van der Waals surface area (Å²) < 4.78 is 8.39. The van der Waals surface area contributed by atoms with Crippen molar-refractivity contribution in [1.82, 2.24) is 0 Å². The molecule has 0 aromatic carbocycles. The zero-order valence-corrected chi connectivity index (χ0v) is 19.4. The maximum absolute atomic E-state index is 8.39. The van der Waals surface area contributed by atoms with E-state index >= 15 is 0 Å². The van der Waals surface area contributed by atoms with Crippen LogP contribution in [0.25, 0.3) is 0 Å². The van der Waals surface area contributed by atoms with Gasteiger partial charge in [-0.3, -0.25) is 0 Å². The van der Waals surface area contributed by atoms with Gasteiger partial charge in [-0.1, -0.05) is 0 Å². The van der Waals surface area contributed by atoms with Gasteiger partial charge in [-0.2, -0.15) is 0 Å². The summed E-state index contributed by atoms with van der Waals surface area (Å²) in [7, 11) is 0. The quantitative estimate of drug-likeness (QED) is 0.290. The first-order valence-electron chi connectivity index (χ1n) is 0.204. The Kier molecular flexibility index (Phi) is 201. The van der Waals surface area contributed by atoms with Crippen LogP contribution in [-0.4, -0.2) is 93.1 Å². The van der Waals surface area contributed by atoms with Crippen LogP contribution < -0.4 is 0 Å². The van der Waals surface area contributed by atoms with Crippen LogP contribution in [-0.2, 0) is 30.0 Å². The summed E-state index contributed by atoms with van der Waals surface area (Å²) in [4.78, 5) is 0. The van der Waals surface area contributed by atoms with Gasteiger partial charge in [-0.25, -0.2) is 0 Å². The van der Waals surface area contributed by atoms with Crippen LogP contribution in [0, 0.1) is 0 Å². The zero-order chi connectivity index (χ0) is 2.00. The van der Waals surface area contributed by atoms with Gasteiger partial charge in [-0.15, -0.1) is 0 Å². The summed E-state index contributed by atoms with van der Waals surface area (Å²) in [5.74, 6) is 0. The third-order valence-corrected chi connectivity index (χ3v) is 0. The van der Waals surface area contributed by atoms with Crippen LogP contribution in [0.15, 0.2) is 0 Å². The molecule has 0 unspecified atom stereocenters. The van der Waals surface area contributed by atoms with Crippen molar-refractivity contribution in [3.63, 3.8) is 0 Å². The van der Waals surface area contributed by atoms with Gasteiger partial charge in [0.2, 0.25) is 0 Å². The topological polar surface area (TPSA) is 17.1 Å². The molecule has 0 heterocycles. The smallest absolute Gasteiger partial charge is 0 e. The fraction of sp³-hybridized carbons (Fsp3) is 0. The summed E-state index contributed by atoms with van der Waals surface area (Å²) in [6.45, 7) is 0. The maximum atomic E-state index is 8.39. The first-order valence-corrected chi connectivity index (χ1v) is 1.79. The third-order valence-electron chi connectivity index (χ3n) is 0. The Hall–Kier alpha value is 3.86. The Morgan fingerprint density at radius 3 is 1.17 bits per heavy atom. The zero-order valence-electron chi connectivity index (χ0n) is 3.19. The molecule has 0 atom stereocenters. The second-order valence-corrected chi connectivity index (χ2v) is 0. The minimum atomic E-state index is 0. The van der Waals surface area contributed by atoms with Gasteiger partial charge in [0.25, 0.3) is 0 Å². The van der Waals surface area contributed by atoms with E-state index in [1.807, 2.05) is 0 Å². The largest absolute Gasteiger partial charge is 0 e. The second kappa shape index (κ2) is 36.8. The summed E-state index contributed by atoms with van der Waals surface area (Å²) in [5, 5.41) is 0. The molecule has 0 N–H and O–H groups in total. The third kappa shape index (κ3) is 24.8. The standard InChI is InChI=1S/Cd.Ge.In.O.Pb.Sn. The van der Waals surface area contributed by atoms with E-state index < -0.39 is 0 Å². The predicted molar refractivity (Wildman–Crippen MR) is 23.7 cm³/mol. The molecule has 0 aromatic rings. The van der Waals surface area contributed by atoms with E-state index in [0.29, 0.717) is 0 Å². The first-order chi connectivity index (χ1) is 1.00. The molecule has 0 fully saturated rings. The summed E-state index contributed by atoms with van der Waals surface area (Å²) >= 11 is 0.0556. The molecule has 0 rings (SSSR count). The van der Waals surface area contributed by atoms with Crippen molar-refractivity contribution in [1.29, 1.82) is 0 Å². The van der Waals surface area contributed by atoms with E-state index in [-0.39, 0.29) is 120 Å². The van der Waals surface area contributed by atoms with Crippen LogP contribution in [0.2, 0.25) is 0 Å². The van der Waals surface area contributed by atoms with Crippen LogP contribution in [0.3, 0.4) is 0 Å². The van der Waals surface area contributed by atoms with E-state index in [1.165, 1.54) is 0 Å². The molecule has 0 aliphatic rings. The number of rotatable bonds is 0. The van der Waals surface area contributed by atoms with E-state index in [2.05, 4.69) is 0 Å². The molecule has 0 amide bonds. The van der Waals surface area contributed by atoms with Crippen molar-refractivity contribution >= 4 is 93.1 Å². The molecule has 0 spiro atoms. The Morgan fingerprint density at radius 2 is 1.17 bits per heavy atom.